The van der Waals surface area contributed by atoms with Gasteiger partial charge in [0.15, 0.2) is 0 Å². The molecule has 1 unspecified atom stereocenters. The zero-order valence-corrected chi connectivity index (χ0v) is 15.4. The first-order valence-corrected chi connectivity index (χ1v) is 7.65. The summed E-state index contributed by atoms with van der Waals surface area (Å²) in [6, 6.07) is -1.37. The average Bonchev–Trinajstić information content (AvgIpc) is 2.36. The van der Waals surface area contributed by atoms with E-state index in [9.17, 15) is 19.2 Å². The first-order chi connectivity index (χ1) is 11.2. The van der Waals surface area contributed by atoms with Crippen molar-refractivity contribution in [2.75, 3.05) is 13.1 Å². The van der Waals surface area contributed by atoms with Crippen LogP contribution >= 0.6 is 0 Å². The molecule has 0 heterocycles. The van der Waals surface area contributed by atoms with Gasteiger partial charge in [0.25, 0.3) is 0 Å². The Morgan fingerprint density at radius 1 is 0.880 bits per heavy atom. The van der Waals surface area contributed by atoms with Crippen molar-refractivity contribution in [3.05, 3.63) is 0 Å². The monoisotopic (exact) mass is 361 g/mol. The Morgan fingerprint density at radius 2 is 1.32 bits per heavy atom. The van der Waals surface area contributed by atoms with E-state index >= 15 is 0 Å². The van der Waals surface area contributed by atoms with Gasteiger partial charge in [-0.05, 0) is 41.5 Å². The fraction of sp³-hybridized carbons (Fsp3) is 0.733. The number of ether oxygens (including phenoxy) is 2. The van der Waals surface area contributed by atoms with Gasteiger partial charge >= 0.3 is 18.2 Å². The Labute approximate surface area is 146 Å². The molecule has 1 atom stereocenters. The smallest absolute Gasteiger partial charge is 0.408 e. The number of carboxylic acids is 1. The zero-order chi connectivity index (χ0) is 19.8. The SMILES string of the molecule is CC(C)(C)OC(=O)NCC(=O)NC(CNC(=O)OC(C)(C)C)C(=O)O. The molecule has 10 heteroatoms. The molecule has 144 valence electrons. The molecule has 10 nitrogen and oxygen atoms in total. The van der Waals surface area contributed by atoms with Crippen LogP contribution in [0.1, 0.15) is 41.5 Å². The fourth-order valence-corrected chi connectivity index (χ4v) is 1.41. The van der Waals surface area contributed by atoms with Crippen LogP contribution in [0.5, 0.6) is 0 Å². The lowest BCUT2D eigenvalue weighted by molar-refractivity contribution is -0.141. The highest BCUT2D eigenvalue weighted by molar-refractivity contribution is 5.87. The normalized spacial score (nSPS) is 12.6. The Hall–Kier alpha value is -2.52. The molecule has 0 spiro atoms. The summed E-state index contributed by atoms with van der Waals surface area (Å²) in [7, 11) is 0. The summed E-state index contributed by atoms with van der Waals surface area (Å²) < 4.78 is 9.91. The number of carbonyl (C=O) groups excluding carboxylic acids is 3. The summed E-state index contributed by atoms with van der Waals surface area (Å²) in [4.78, 5) is 45.8. The van der Waals surface area contributed by atoms with E-state index in [0.717, 1.165) is 0 Å². The molecular formula is C15H27N3O7. The topological polar surface area (TPSA) is 143 Å². The van der Waals surface area contributed by atoms with Gasteiger partial charge in [-0.1, -0.05) is 0 Å². The Bertz CT molecular complexity index is 506. The minimum absolute atomic E-state index is 0.373. The second kappa shape index (κ2) is 9.09. The van der Waals surface area contributed by atoms with E-state index < -0.39 is 47.9 Å². The van der Waals surface area contributed by atoms with Gasteiger partial charge in [-0.25, -0.2) is 14.4 Å². The van der Waals surface area contributed by atoms with Crippen LogP contribution in [0.3, 0.4) is 0 Å². The van der Waals surface area contributed by atoms with Crippen LogP contribution in [0.15, 0.2) is 0 Å². The number of hydrogen-bond acceptors (Lipinski definition) is 6. The number of alkyl carbamates (subject to hydrolysis) is 2. The Kier molecular flexibility index (Phi) is 8.17. The van der Waals surface area contributed by atoms with Crippen molar-refractivity contribution >= 4 is 24.1 Å². The lowest BCUT2D eigenvalue weighted by Crippen LogP contribution is -2.51. The summed E-state index contributed by atoms with van der Waals surface area (Å²) in [6.07, 6.45) is -1.61. The number of amides is 3. The maximum atomic E-state index is 11.7. The van der Waals surface area contributed by atoms with Gasteiger partial charge in [-0.15, -0.1) is 0 Å². The Balaban J connectivity index is 4.38. The third kappa shape index (κ3) is 12.6. The third-order valence-corrected chi connectivity index (χ3v) is 2.27. The molecule has 0 aromatic heterocycles. The molecule has 4 N–H and O–H groups in total. The van der Waals surface area contributed by atoms with Crippen LogP contribution in [0, 0.1) is 0 Å². The molecular weight excluding hydrogens is 334 g/mol. The van der Waals surface area contributed by atoms with E-state index in [2.05, 4.69) is 16.0 Å². The molecule has 0 aliphatic rings. The second-order valence-electron chi connectivity index (χ2n) is 7.20. The molecule has 0 aliphatic carbocycles. The summed E-state index contributed by atoms with van der Waals surface area (Å²) >= 11 is 0. The van der Waals surface area contributed by atoms with Crippen LogP contribution in [-0.4, -0.2) is 59.5 Å². The Morgan fingerprint density at radius 3 is 1.72 bits per heavy atom. The van der Waals surface area contributed by atoms with Crippen LogP contribution in [-0.2, 0) is 19.1 Å². The van der Waals surface area contributed by atoms with E-state index in [1.165, 1.54) is 0 Å². The third-order valence-electron chi connectivity index (χ3n) is 2.27. The first-order valence-electron chi connectivity index (χ1n) is 7.65. The van der Waals surface area contributed by atoms with Gasteiger partial charge in [-0.2, -0.15) is 0 Å². The molecule has 25 heavy (non-hydrogen) atoms. The first kappa shape index (κ1) is 22.5. The molecule has 0 saturated carbocycles. The molecule has 0 radical (unpaired) electrons. The summed E-state index contributed by atoms with van der Waals surface area (Å²) in [5.41, 5.74) is -1.45. The highest BCUT2D eigenvalue weighted by Crippen LogP contribution is 2.07. The van der Waals surface area contributed by atoms with Gasteiger partial charge < -0.3 is 30.5 Å². The van der Waals surface area contributed by atoms with Crippen molar-refractivity contribution in [3.8, 4) is 0 Å². The van der Waals surface area contributed by atoms with Crippen molar-refractivity contribution in [2.24, 2.45) is 0 Å². The molecule has 0 fully saturated rings. The highest BCUT2D eigenvalue weighted by Gasteiger charge is 2.23. The maximum Gasteiger partial charge on any atom is 0.408 e. The van der Waals surface area contributed by atoms with Gasteiger partial charge in [0.2, 0.25) is 5.91 Å². The number of carboxylic acid groups (broad SMARTS) is 1. The van der Waals surface area contributed by atoms with Gasteiger partial charge in [0, 0.05) is 0 Å². The van der Waals surface area contributed by atoms with Crippen LogP contribution in [0.25, 0.3) is 0 Å². The molecule has 0 aliphatic heterocycles. The minimum atomic E-state index is -1.37. The largest absolute Gasteiger partial charge is 0.480 e. The number of aliphatic carboxylic acids is 1. The van der Waals surface area contributed by atoms with Gasteiger partial charge in [0.05, 0.1) is 6.54 Å². The predicted molar refractivity (Wildman–Crippen MR) is 88.0 cm³/mol. The zero-order valence-electron chi connectivity index (χ0n) is 15.4. The van der Waals surface area contributed by atoms with Crippen molar-refractivity contribution in [1.29, 1.82) is 0 Å². The summed E-state index contributed by atoms with van der Waals surface area (Å²) in [5, 5.41) is 15.7. The summed E-state index contributed by atoms with van der Waals surface area (Å²) in [6.45, 7) is 9.12. The maximum absolute atomic E-state index is 11.7. The molecule has 0 aromatic carbocycles. The lowest BCUT2D eigenvalue weighted by atomic mass is 10.2. The number of hydrogen-bond donors (Lipinski definition) is 4. The fourth-order valence-electron chi connectivity index (χ4n) is 1.41. The van der Waals surface area contributed by atoms with Crippen LogP contribution < -0.4 is 16.0 Å². The van der Waals surface area contributed by atoms with Gasteiger partial charge in [0.1, 0.15) is 23.8 Å². The van der Waals surface area contributed by atoms with E-state index in [1.807, 2.05) is 0 Å². The predicted octanol–water partition coefficient (Wildman–Crippen LogP) is 0.605. The molecule has 3 amide bonds. The average molecular weight is 361 g/mol. The molecule has 0 bridgehead atoms. The van der Waals surface area contributed by atoms with E-state index in [0.29, 0.717) is 0 Å². The molecule has 0 aromatic rings. The quantitative estimate of drug-likeness (QED) is 0.542. The van der Waals surface area contributed by atoms with E-state index in [4.69, 9.17) is 14.6 Å². The van der Waals surface area contributed by atoms with Crippen LogP contribution in [0.2, 0.25) is 0 Å². The number of rotatable bonds is 6. The second-order valence-corrected chi connectivity index (χ2v) is 7.20. The van der Waals surface area contributed by atoms with Gasteiger partial charge in [-0.3, -0.25) is 4.79 Å². The van der Waals surface area contributed by atoms with Crippen molar-refractivity contribution in [3.63, 3.8) is 0 Å². The van der Waals surface area contributed by atoms with E-state index in [1.54, 1.807) is 41.5 Å². The minimum Gasteiger partial charge on any atom is -0.480 e. The number of carbonyl (C=O) groups is 4. The van der Waals surface area contributed by atoms with Crippen LogP contribution in [0.4, 0.5) is 9.59 Å². The molecule has 0 saturated heterocycles. The number of nitrogens with one attached hydrogen (secondary N) is 3. The van der Waals surface area contributed by atoms with Crippen molar-refractivity contribution in [1.82, 2.24) is 16.0 Å². The van der Waals surface area contributed by atoms with E-state index in [-0.39, 0.29) is 6.54 Å². The van der Waals surface area contributed by atoms with Crippen molar-refractivity contribution < 1.29 is 33.8 Å². The van der Waals surface area contributed by atoms with Crippen molar-refractivity contribution in [2.45, 2.75) is 58.8 Å². The lowest BCUT2D eigenvalue weighted by Gasteiger charge is -2.21. The highest BCUT2D eigenvalue weighted by atomic mass is 16.6. The summed E-state index contributed by atoms with van der Waals surface area (Å²) in [5.74, 6) is -2.09. The molecule has 0 rings (SSSR count). The standard InChI is InChI=1S/C15H27N3O7/c1-14(2,3)24-12(22)16-7-9(11(20)21)18-10(19)8-17-13(23)25-15(4,5)6/h9H,7-8H2,1-6H3,(H,16,22)(H,17,23)(H,18,19)(H,20,21).